The fourth-order valence-electron chi connectivity index (χ4n) is 1.77. The van der Waals surface area contributed by atoms with Crippen LogP contribution in [0.4, 0.5) is 0 Å². The van der Waals surface area contributed by atoms with Crippen molar-refractivity contribution in [3.63, 3.8) is 0 Å². The van der Waals surface area contributed by atoms with Crippen molar-refractivity contribution in [1.29, 1.82) is 0 Å². The molecule has 2 rings (SSSR count). The average molecular weight is 195 g/mol. The Morgan fingerprint density at radius 2 is 2.43 bits per heavy atom. The summed E-state index contributed by atoms with van der Waals surface area (Å²) in [6, 6.07) is 2.01. The summed E-state index contributed by atoms with van der Waals surface area (Å²) >= 11 is 0. The summed E-state index contributed by atoms with van der Waals surface area (Å²) in [4.78, 5) is 2.40. The van der Waals surface area contributed by atoms with E-state index in [0.29, 0.717) is 0 Å². The van der Waals surface area contributed by atoms with E-state index in [-0.39, 0.29) is 0 Å². The molecule has 1 aliphatic heterocycles. The smallest absolute Gasteiger partial charge is 0.150 e. The van der Waals surface area contributed by atoms with Crippen molar-refractivity contribution < 1.29 is 4.52 Å². The van der Waals surface area contributed by atoms with Crippen LogP contribution in [0, 0.1) is 6.92 Å². The van der Waals surface area contributed by atoms with Crippen molar-refractivity contribution in [2.45, 2.75) is 19.9 Å². The zero-order valence-corrected chi connectivity index (χ0v) is 8.62. The number of hydrogen-bond donors (Lipinski definition) is 1. The van der Waals surface area contributed by atoms with Gasteiger partial charge in [0.25, 0.3) is 0 Å². The van der Waals surface area contributed by atoms with Gasteiger partial charge in [-0.05, 0) is 26.4 Å². The molecule has 4 heteroatoms. The Kier molecular flexibility index (Phi) is 3.16. The zero-order chi connectivity index (χ0) is 9.80. The molecule has 4 nitrogen and oxygen atoms in total. The SMILES string of the molecule is Cc1cc(CN2CCCNCC2)on1. The molecule has 1 saturated heterocycles. The second kappa shape index (κ2) is 4.57. The fourth-order valence-corrected chi connectivity index (χ4v) is 1.77. The molecule has 0 amide bonds. The lowest BCUT2D eigenvalue weighted by Gasteiger charge is -2.16. The normalized spacial score (nSPS) is 19.5. The summed E-state index contributed by atoms with van der Waals surface area (Å²) in [6.07, 6.45) is 1.22. The molecular formula is C10H17N3O. The summed E-state index contributed by atoms with van der Waals surface area (Å²) in [7, 11) is 0. The molecular weight excluding hydrogens is 178 g/mol. The number of nitrogens with one attached hydrogen (secondary N) is 1. The lowest BCUT2D eigenvalue weighted by molar-refractivity contribution is 0.243. The van der Waals surface area contributed by atoms with Gasteiger partial charge in [-0.1, -0.05) is 5.16 Å². The van der Waals surface area contributed by atoms with Gasteiger partial charge in [0.15, 0.2) is 5.76 Å². The first-order chi connectivity index (χ1) is 6.84. The largest absolute Gasteiger partial charge is 0.360 e. The van der Waals surface area contributed by atoms with Crippen LogP contribution in [0.25, 0.3) is 0 Å². The molecule has 1 aromatic rings. The van der Waals surface area contributed by atoms with Gasteiger partial charge in [-0.3, -0.25) is 4.90 Å². The number of rotatable bonds is 2. The van der Waals surface area contributed by atoms with E-state index < -0.39 is 0 Å². The van der Waals surface area contributed by atoms with Gasteiger partial charge in [-0.15, -0.1) is 0 Å². The lowest BCUT2D eigenvalue weighted by atomic mass is 10.3. The third-order valence-electron chi connectivity index (χ3n) is 2.49. The molecule has 0 atom stereocenters. The van der Waals surface area contributed by atoms with E-state index >= 15 is 0 Å². The van der Waals surface area contributed by atoms with Gasteiger partial charge in [-0.25, -0.2) is 0 Å². The third kappa shape index (κ3) is 2.56. The van der Waals surface area contributed by atoms with Crippen molar-refractivity contribution in [2.24, 2.45) is 0 Å². The van der Waals surface area contributed by atoms with Gasteiger partial charge in [0.05, 0.1) is 12.2 Å². The highest BCUT2D eigenvalue weighted by molar-refractivity contribution is 5.02. The fraction of sp³-hybridized carbons (Fsp3) is 0.700. The first-order valence-electron chi connectivity index (χ1n) is 5.20. The Morgan fingerprint density at radius 3 is 3.21 bits per heavy atom. The Bertz CT molecular complexity index is 277. The first-order valence-corrected chi connectivity index (χ1v) is 5.20. The minimum atomic E-state index is 0.891. The lowest BCUT2D eigenvalue weighted by Crippen LogP contribution is -2.27. The number of aryl methyl sites for hydroxylation is 1. The van der Waals surface area contributed by atoms with Crippen LogP contribution in [-0.4, -0.2) is 36.2 Å². The molecule has 2 heterocycles. The molecule has 0 aromatic carbocycles. The third-order valence-corrected chi connectivity index (χ3v) is 2.49. The molecule has 0 saturated carbocycles. The van der Waals surface area contributed by atoms with Gasteiger partial charge < -0.3 is 9.84 Å². The van der Waals surface area contributed by atoms with E-state index in [0.717, 1.165) is 44.2 Å². The molecule has 0 aliphatic carbocycles. The molecule has 0 bridgehead atoms. The minimum Gasteiger partial charge on any atom is -0.360 e. The highest BCUT2D eigenvalue weighted by Gasteiger charge is 2.11. The molecule has 14 heavy (non-hydrogen) atoms. The van der Waals surface area contributed by atoms with Crippen LogP contribution in [0.3, 0.4) is 0 Å². The minimum absolute atomic E-state index is 0.891. The highest BCUT2D eigenvalue weighted by atomic mass is 16.5. The molecule has 0 unspecified atom stereocenters. The van der Waals surface area contributed by atoms with Gasteiger partial charge in [0.2, 0.25) is 0 Å². The van der Waals surface area contributed by atoms with Gasteiger partial charge in [-0.2, -0.15) is 0 Å². The van der Waals surface area contributed by atoms with Crippen LogP contribution >= 0.6 is 0 Å². The van der Waals surface area contributed by atoms with Crippen molar-refractivity contribution in [2.75, 3.05) is 26.2 Å². The van der Waals surface area contributed by atoms with Gasteiger partial charge in [0.1, 0.15) is 0 Å². The molecule has 1 fully saturated rings. The monoisotopic (exact) mass is 195 g/mol. The topological polar surface area (TPSA) is 41.3 Å². The number of hydrogen-bond acceptors (Lipinski definition) is 4. The molecule has 1 N–H and O–H groups in total. The Balaban J connectivity index is 1.89. The number of nitrogens with zero attached hydrogens (tertiary/aromatic N) is 2. The van der Waals surface area contributed by atoms with Crippen molar-refractivity contribution >= 4 is 0 Å². The average Bonchev–Trinajstić information content (AvgIpc) is 2.43. The van der Waals surface area contributed by atoms with E-state index in [1.54, 1.807) is 0 Å². The summed E-state index contributed by atoms with van der Waals surface area (Å²) in [5.41, 5.74) is 0.966. The van der Waals surface area contributed by atoms with Crippen LogP contribution in [0.15, 0.2) is 10.6 Å². The van der Waals surface area contributed by atoms with Crippen LogP contribution in [0.5, 0.6) is 0 Å². The maximum Gasteiger partial charge on any atom is 0.150 e. The highest BCUT2D eigenvalue weighted by Crippen LogP contribution is 2.07. The maximum atomic E-state index is 5.20. The van der Waals surface area contributed by atoms with Crippen LogP contribution in [-0.2, 0) is 6.54 Å². The Hall–Kier alpha value is -0.870. The molecule has 0 radical (unpaired) electrons. The summed E-state index contributed by atoms with van der Waals surface area (Å²) in [5.74, 6) is 0.976. The van der Waals surface area contributed by atoms with E-state index in [1.807, 2.05) is 13.0 Å². The predicted molar refractivity (Wildman–Crippen MR) is 54.0 cm³/mol. The molecule has 1 aliphatic rings. The second-order valence-electron chi connectivity index (χ2n) is 3.81. The van der Waals surface area contributed by atoms with Crippen molar-refractivity contribution in [3.05, 3.63) is 17.5 Å². The molecule has 1 aromatic heterocycles. The second-order valence-corrected chi connectivity index (χ2v) is 3.81. The van der Waals surface area contributed by atoms with Crippen LogP contribution in [0.2, 0.25) is 0 Å². The maximum absolute atomic E-state index is 5.20. The van der Waals surface area contributed by atoms with E-state index in [9.17, 15) is 0 Å². The van der Waals surface area contributed by atoms with Crippen molar-refractivity contribution in [3.8, 4) is 0 Å². The first kappa shape index (κ1) is 9.68. The van der Waals surface area contributed by atoms with E-state index in [4.69, 9.17) is 4.52 Å². The molecule has 0 spiro atoms. The van der Waals surface area contributed by atoms with Crippen molar-refractivity contribution in [1.82, 2.24) is 15.4 Å². The quantitative estimate of drug-likeness (QED) is 0.757. The standard InChI is InChI=1S/C10H17N3O/c1-9-7-10(14-12-9)8-13-5-2-3-11-4-6-13/h7,11H,2-6,8H2,1H3. The van der Waals surface area contributed by atoms with E-state index in [2.05, 4.69) is 15.4 Å². The Labute approximate surface area is 84.3 Å². The number of aromatic nitrogens is 1. The van der Waals surface area contributed by atoms with Gasteiger partial charge >= 0.3 is 0 Å². The van der Waals surface area contributed by atoms with Crippen LogP contribution < -0.4 is 5.32 Å². The summed E-state index contributed by atoms with van der Waals surface area (Å²) in [6.45, 7) is 7.30. The zero-order valence-electron chi connectivity index (χ0n) is 8.62. The summed E-state index contributed by atoms with van der Waals surface area (Å²) < 4.78 is 5.20. The summed E-state index contributed by atoms with van der Waals surface area (Å²) in [5, 5.41) is 7.27. The van der Waals surface area contributed by atoms with Gasteiger partial charge in [0, 0.05) is 19.2 Å². The Morgan fingerprint density at radius 1 is 1.50 bits per heavy atom. The predicted octanol–water partition coefficient (Wildman–Crippen LogP) is 0.778. The molecule has 78 valence electrons. The van der Waals surface area contributed by atoms with Crippen LogP contribution in [0.1, 0.15) is 17.9 Å². The van der Waals surface area contributed by atoms with E-state index in [1.165, 1.54) is 6.42 Å².